The molecule has 2 unspecified atom stereocenters. The van der Waals surface area contributed by atoms with E-state index in [0.717, 1.165) is 23.6 Å². The van der Waals surface area contributed by atoms with Crippen LogP contribution < -0.4 is 5.32 Å². The molecular formula is C12H21N3. The summed E-state index contributed by atoms with van der Waals surface area (Å²) < 4.78 is 0. The molecule has 0 aromatic carbocycles. The lowest BCUT2D eigenvalue weighted by Gasteiger charge is -2.21. The van der Waals surface area contributed by atoms with E-state index in [1.54, 1.807) is 0 Å². The lowest BCUT2D eigenvalue weighted by molar-refractivity contribution is 0.483. The van der Waals surface area contributed by atoms with E-state index in [4.69, 9.17) is 0 Å². The Labute approximate surface area is 92.3 Å². The van der Waals surface area contributed by atoms with Gasteiger partial charge < -0.3 is 5.32 Å². The molecule has 0 amide bonds. The van der Waals surface area contributed by atoms with Crippen LogP contribution in [0.1, 0.15) is 43.8 Å². The zero-order chi connectivity index (χ0) is 11.4. The number of nitrogens with one attached hydrogen (secondary N) is 1. The molecule has 0 saturated heterocycles. The van der Waals surface area contributed by atoms with Gasteiger partial charge in [0.05, 0.1) is 17.1 Å². The van der Waals surface area contributed by atoms with Gasteiger partial charge in [-0.1, -0.05) is 13.8 Å². The van der Waals surface area contributed by atoms with Gasteiger partial charge in [0, 0.05) is 18.2 Å². The average Bonchev–Trinajstić information content (AvgIpc) is 2.21. The van der Waals surface area contributed by atoms with Crippen LogP contribution in [0.15, 0.2) is 6.20 Å². The van der Waals surface area contributed by atoms with Crippen LogP contribution in [0, 0.1) is 13.8 Å². The molecule has 0 aliphatic carbocycles. The number of hydrogen-bond donors (Lipinski definition) is 1. The highest BCUT2D eigenvalue weighted by molar-refractivity contribution is 5.17. The van der Waals surface area contributed by atoms with Crippen molar-refractivity contribution in [1.82, 2.24) is 15.3 Å². The first-order valence-electron chi connectivity index (χ1n) is 5.59. The smallest absolute Gasteiger partial charge is 0.0662 e. The maximum absolute atomic E-state index is 4.57. The van der Waals surface area contributed by atoms with Gasteiger partial charge in [-0.15, -0.1) is 0 Å². The Morgan fingerprint density at radius 2 is 2.00 bits per heavy atom. The summed E-state index contributed by atoms with van der Waals surface area (Å²) in [6, 6.07) is 0.435. The molecule has 84 valence electrons. The van der Waals surface area contributed by atoms with Gasteiger partial charge in [-0.2, -0.15) is 0 Å². The summed E-state index contributed by atoms with van der Waals surface area (Å²) >= 11 is 0. The topological polar surface area (TPSA) is 37.8 Å². The molecule has 3 nitrogen and oxygen atoms in total. The standard InChI is InChI=1S/C12H21N3/c1-6-13-10(4)9(3)12-11(5)14-7-8(2)15-12/h7,9-10,13H,6H2,1-5H3. The van der Waals surface area contributed by atoms with Gasteiger partial charge in [-0.25, -0.2) is 0 Å². The van der Waals surface area contributed by atoms with Crippen LogP contribution in [0.5, 0.6) is 0 Å². The normalized spacial score (nSPS) is 15.0. The molecule has 2 atom stereocenters. The van der Waals surface area contributed by atoms with Crippen LogP contribution in [-0.4, -0.2) is 22.6 Å². The van der Waals surface area contributed by atoms with Crippen LogP contribution in [0.4, 0.5) is 0 Å². The zero-order valence-corrected chi connectivity index (χ0v) is 10.3. The zero-order valence-electron chi connectivity index (χ0n) is 10.3. The molecule has 0 radical (unpaired) electrons. The van der Waals surface area contributed by atoms with Crippen LogP contribution in [0.3, 0.4) is 0 Å². The van der Waals surface area contributed by atoms with Crippen LogP contribution in [0.2, 0.25) is 0 Å². The molecule has 3 heteroatoms. The molecule has 1 heterocycles. The maximum atomic E-state index is 4.57. The van der Waals surface area contributed by atoms with Gasteiger partial charge in [0.2, 0.25) is 0 Å². The summed E-state index contributed by atoms with van der Waals surface area (Å²) in [6.07, 6.45) is 1.82. The molecule has 0 bridgehead atoms. The quantitative estimate of drug-likeness (QED) is 0.822. The van der Waals surface area contributed by atoms with Crippen molar-refractivity contribution in [1.29, 1.82) is 0 Å². The fourth-order valence-corrected chi connectivity index (χ4v) is 1.72. The fraction of sp³-hybridized carbons (Fsp3) is 0.667. The lowest BCUT2D eigenvalue weighted by Crippen LogP contribution is -2.31. The number of rotatable bonds is 4. The largest absolute Gasteiger partial charge is 0.314 e. The van der Waals surface area contributed by atoms with Crippen molar-refractivity contribution >= 4 is 0 Å². The molecular weight excluding hydrogens is 186 g/mol. The predicted molar refractivity (Wildman–Crippen MR) is 63.1 cm³/mol. The SMILES string of the molecule is CCNC(C)C(C)c1nc(C)cnc1C. The number of likely N-dealkylation sites (N-methyl/N-ethyl adjacent to an activating group) is 1. The summed E-state index contributed by atoms with van der Waals surface area (Å²) in [5.74, 6) is 0.400. The summed E-state index contributed by atoms with van der Waals surface area (Å²) in [5.41, 5.74) is 3.15. The highest BCUT2D eigenvalue weighted by Crippen LogP contribution is 2.19. The Hall–Kier alpha value is -0.960. The van der Waals surface area contributed by atoms with Gasteiger partial charge in [-0.3, -0.25) is 9.97 Å². The molecule has 0 saturated carbocycles. The minimum Gasteiger partial charge on any atom is -0.314 e. The third-order valence-corrected chi connectivity index (χ3v) is 2.82. The first kappa shape index (κ1) is 12.1. The number of nitrogens with zero attached hydrogens (tertiary/aromatic N) is 2. The summed E-state index contributed by atoms with van der Waals surface area (Å²) in [5, 5.41) is 3.42. The Morgan fingerprint density at radius 1 is 1.33 bits per heavy atom. The Bertz CT molecular complexity index is 323. The number of hydrogen-bond acceptors (Lipinski definition) is 3. The second-order valence-corrected chi connectivity index (χ2v) is 4.12. The van der Waals surface area contributed by atoms with Gasteiger partial charge >= 0.3 is 0 Å². The maximum Gasteiger partial charge on any atom is 0.0662 e. The Kier molecular flexibility index (Phi) is 4.21. The molecule has 0 fully saturated rings. The minimum absolute atomic E-state index is 0.400. The highest BCUT2D eigenvalue weighted by atomic mass is 14.9. The monoisotopic (exact) mass is 207 g/mol. The van der Waals surface area contributed by atoms with Gasteiger partial charge in [0.15, 0.2) is 0 Å². The first-order valence-corrected chi connectivity index (χ1v) is 5.59. The van der Waals surface area contributed by atoms with Crippen molar-refractivity contribution in [2.24, 2.45) is 0 Å². The summed E-state index contributed by atoms with van der Waals surface area (Å²) in [6.45, 7) is 11.5. The molecule has 1 aromatic heterocycles. The molecule has 1 N–H and O–H groups in total. The molecule has 0 aliphatic rings. The first-order chi connectivity index (χ1) is 7.06. The molecule has 1 aromatic rings. The van der Waals surface area contributed by atoms with E-state index in [-0.39, 0.29) is 0 Å². The van der Waals surface area contributed by atoms with Crippen LogP contribution >= 0.6 is 0 Å². The van der Waals surface area contributed by atoms with E-state index in [2.05, 4.69) is 36.1 Å². The van der Waals surface area contributed by atoms with E-state index in [0.29, 0.717) is 12.0 Å². The highest BCUT2D eigenvalue weighted by Gasteiger charge is 2.17. The Morgan fingerprint density at radius 3 is 2.60 bits per heavy atom. The molecule has 1 rings (SSSR count). The predicted octanol–water partition coefficient (Wildman–Crippen LogP) is 2.19. The Balaban J connectivity index is 2.89. The molecule has 0 spiro atoms. The van der Waals surface area contributed by atoms with Crippen LogP contribution in [-0.2, 0) is 0 Å². The van der Waals surface area contributed by atoms with Gasteiger partial charge in [0.1, 0.15) is 0 Å². The lowest BCUT2D eigenvalue weighted by atomic mass is 9.98. The van der Waals surface area contributed by atoms with Crippen LogP contribution in [0.25, 0.3) is 0 Å². The van der Waals surface area contributed by atoms with Crippen molar-refractivity contribution in [2.75, 3.05) is 6.54 Å². The number of aryl methyl sites for hydroxylation is 2. The van der Waals surface area contributed by atoms with Crippen molar-refractivity contribution < 1.29 is 0 Å². The van der Waals surface area contributed by atoms with E-state index in [1.807, 2.05) is 20.0 Å². The van der Waals surface area contributed by atoms with E-state index >= 15 is 0 Å². The summed E-state index contributed by atoms with van der Waals surface area (Å²) in [7, 11) is 0. The number of aromatic nitrogens is 2. The third-order valence-electron chi connectivity index (χ3n) is 2.82. The third kappa shape index (κ3) is 2.99. The van der Waals surface area contributed by atoms with Crippen molar-refractivity contribution in [2.45, 2.75) is 46.6 Å². The van der Waals surface area contributed by atoms with E-state index < -0.39 is 0 Å². The fourth-order valence-electron chi connectivity index (χ4n) is 1.72. The van der Waals surface area contributed by atoms with Gasteiger partial charge in [0.25, 0.3) is 0 Å². The average molecular weight is 207 g/mol. The minimum atomic E-state index is 0.400. The van der Waals surface area contributed by atoms with Gasteiger partial charge in [-0.05, 0) is 27.3 Å². The van der Waals surface area contributed by atoms with Crippen molar-refractivity contribution in [3.05, 3.63) is 23.3 Å². The van der Waals surface area contributed by atoms with Crippen molar-refractivity contribution in [3.8, 4) is 0 Å². The van der Waals surface area contributed by atoms with Crippen molar-refractivity contribution in [3.63, 3.8) is 0 Å². The van der Waals surface area contributed by atoms with E-state index in [9.17, 15) is 0 Å². The summed E-state index contributed by atoms with van der Waals surface area (Å²) in [4.78, 5) is 8.93. The van der Waals surface area contributed by atoms with E-state index in [1.165, 1.54) is 0 Å². The molecule has 0 aliphatic heterocycles. The molecule has 15 heavy (non-hydrogen) atoms. The second kappa shape index (κ2) is 5.21. The second-order valence-electron chi connectivity index (χ2n) is 4.12.